The van der Waals surface area contributed by atoms with Crippen LogP contribution in [0.1, 0.15) is 17.5 Å². The van der Waals surface area contributed by atoms with Gasteiger partial charge in [0.1, 0.15) is 0 Å². The molecule has 0 fully saturated rings. The molecule has 2 rings (SSSR count). The van der Waals surface area contributed by atoms with E-state index in [-0.39, 0.29) is 6.42 Å². The Bertz CT molecular complexity index is 471. The van der Waals surface area contributed by atoms with Gasteiger partial charge in [-0.3, -0.25) is 4.79 Å². The number of carbonyl (C=O) groups is 1. The quantitative estimate of drug-likeness (QED) is 0.815. The fourth-order valence-electron chi connectivity index (χ4n) is 2.07. The molecule has 0 spiro atoms. The van der Waals surface area contributed by atoms with E-state index in [1.54, 1.807) is 0 Å². The molecule has 6 heteroatoms. The van der Waals surface area contributed by atoms with E-state index in [2.05, 4.69) is 5.32 Å². The van der Waals surface area contributed by atoms with Crippen molar-refractivity contribution < 1.29 is 23.1 Å². The molecule has 1 atom stereocenters. The number of anilines is 1. The number of carboxylic acid groups (broad SMARTS) is 1. The van der Waals surface area contributed by atoms with E-state index in [0.717, 1.165) is 12.1 Å². The van der Waals surface area contributed by atoms with Crippen molar-refractivity contribution in [1.82, 2.24) is 0 Å². The van der Waals surface area contributed by atoms with E-state index in [4.69, 9.17) is 5.11 Å². The average Bonchev–Trinajstić information content (AvgIpc) is 2.48. The predicted molar refractivity (Wildman–Crippen MR) is 59.4 cm³/mol. The molecule has 0 aromatic heterocycles. The number of hydrogen-bond donors (Lipinski definition) is 2. The van der Waals surface area contributed by atoms with Crippen LogP contribution in [0, 0.1) is 5.92 Å². The zero-order chi connectivity index (χ0) is 13.3. The number of carboxylic acids is 1. The van der Waals surface area contributed by atoms with Crippen molar-refractivity contribution in [2.24, 2.45) is 5.92 Å². The van der Waals surface area contributed by atoms with Crippen LogP contribution in [-0.2, 0) is 17.4 Å². The van der Waals surface area contributed by atoms with Gasteiger partial charge in [-0.05, 0) is 36.6 Å². The monoisotopic (exact) mass is 259 g/mol. The normalized spacial score (nSPS) is 19.6. The first-order chi connectivity index (χ1) is 8.38. The molecule has 3 nitrogen and oxygen atoms in total. The molecule has 1 aromatic rings. The molecule has 1 heterocycles. The van der Waals surface area contributed by atoms with Crippen molar-refractivity contribution in [3.05, 3.63) is 29.3 Å². The molecule has 98 valence electrons. The molecular formula is C12H12F3NO2. The molecule has 1 unspecified atom stereocenters. The summed E-state index contributed by atoms with van der Waals surface area (Å²) >= 11 is 0. The van der Waals surface area contributed by atoms with Gasteiger partial charge in [0.05, 0.1) is 11.5 Å². The van der Waals surface area contributed by atoms with Crippen molar-refractivity contribution in [3.8, 4) is 0 Å². The van der Waals surface area contributed by atoms with Crippen LogP contribution in [0.5, 0.6) is 0 Å². The zero-order valence-electron chi connectivity index (χ0n) is 9.42. The van der Waals surface area contributed by atoms with E-state index < -0.39 is 23.6 Å². The van der Waals surface area contributed by atoms with E-state index in [1.165, 1.54) is 6.07 Å². The van der Waals surface area contributed by atoms with Crippen LogP contribution in [0.15, 0.2) is 18.2 Å². The predicted octanol–water partition coefficient (Wildman–Crippen LogP) is 2.76. The Morgan fingerprint density at radius 3 is 2.72 bits per heavy atom. The Balaban J connectivity index is 2.36. The Labute approximate surface area is 102 Å². The summed E-state index contributed by atoms with van der Waals surface area (Å²) in [4.78, 5) is 10.9. The number of aliphatic carboxylic acids is 1. The van der Waals surface area contributed by atoms with Crippen molar-refractivity contribution >= 4 is 11.7 Å². The number of halogens is 3. The summed E-state index contributed by atoms with van der Waals surface area (Å²) < 4.78 is 37.7. The highest BCUT2D eigenvalue weighted by atomic mass is 19.4. The third kappa shape index (κ3) is 2.57. The maximum Gasteiger partial charge on any atom is 0.416 e. The first-order valence-electron chi connectivity index (χ1n) is 5.54. The molecular weight excluding hydrogens is 247 g/mol. The number of hydrogen-bond acceptors (Lipinski definition) is 2. The molecule has 0 bridgehead atoms. The highest BCUT2D eigenvalue weighted by Crippen LogP contribution is 2.33. The Morgan fingerprint density at radius 1 is 1.39 bits per heavy atom. The van der Waals surface area contributed by atoms with Gasteiger partial charge in [0.15, 0.2) is 0 Å². The molecule has 1 aromatic carbocycles. The lowest BCUT2D eigenvalue weighted by Crippen LogP contribution is -2.17. The van der Waals surface area contributed by atoms with Crippen molar-refractivity contribution in [1.29, 1.82) is 0 Å². The van der Waals surface area contributed by atoms with Crippen LogP contribution in [0.4, 0.5) is 18.9 Å². The van der Waals surface area contributed by atoms with Crippen molar-refractivity contribution in [2.75, 3.05) is 11.9 Å². The van der Waals surface area contributed by atoms with E-state index in [0.29, 0.717) is 24.2 Å². The second kappa shape index (κ2) is 4.51. The van der Waals surface area contributed by atoms with Crippen LogP contribution < -0.4 is 5.32 Å². The first-order valence-corrected chi connectivity index (χ1v) is 5.54. The number of fused-ring (bicyclic) bond motifs is 1. The number of rotatable bonds is 1. The molecule has 1 aliphatic heterocycles. The molecule has 0 aliphatic carbocycles. The van der Waals surface area contributed by atoms with Gasteiger partial charge in [-0.25, -0.2) is 0 Å². The van der Waals surface area contributed by atoms with Gasteiger partial charge >= 0.3 is 12.1 Å². The number of nitrogens with one attached hydrogen (secondary N) is 1. The maximum absolute atomic E-state index is 12.6. The fraction of sp³-hybridized carbons (Fsp3) is 0.417. The summed E-state index contributed by atoms with van der Waals surface area (Å²) in [6.07, 6.45) is -3.87. The first kappa shape index (κ1) is 12.7. The summed E-state index contributed by atoms with van der Waals surface area (Å²) in [5.74, 6) is -1.61. The van der Waals surface area contributed by atoms with Crippen molar-refractivity contribution in [3.63, 3.8) is 0 Å². The minimum absolute atomic E-state index is 0.127. The standard InChI is InChI=1S/C12H12F3NO2/c13-12(14,15)9-1-2-10-8(6-9)5-7(11(17)18)3-4-16-10/h1-2,6-7,16H,3-5H2,(H,17,18). The molecule has 1 aliphatic rings. The number of alkyl halides is 3. The molecule has 0 saturated heterocycles. The molecule has 0 radical (unpaired) electrons. The summed E-state index contributed by atoms with van der Waals surface area (Å²) in [6, 6.07) is 3.40. The second-order valence-corrected chi connectivity index (χ2v) is 4.32. The van der Waals surface area contributed by atoms with Gasteiger partial charge in [0.2, 0.25) is 0 Å². The lowest BCUT2D eigenvalue weighted by Gasteiger charge is -2.12. The van der Waals surface area contributed by atoms with Gasteiger partial charge < -0.3 is 10.4 Å². The Kier molecular flexibility index (Phi) is 3.19. The van der Waals surface area contributed by atoms with E-state index in [9.17, 15) is 18.0 Å². The summed E-state index contributed by atoms with van der Waals surface area (Å²) in [6.45, 7) is 0.454. The van der Waals surface area contributed by atoms with E-state index in [1.807, 2.05) is 0 Å². The average molecular weight is 259 g/mol. The minimum atomic E-state index is -4.40. The van der Waals surface area contributed by atoms with Crippen LogP contribution in [-0.4, -0.2) is 17.6 Å². The third-order valence-corrected chi connectivity index (χ3v) is 3.06. The molecule has 0 saturated carbocycles. The van der Waals surface area contributed by atoms with Crippen LogP contribution in [0.2, 0.25) is 0 Å². The smallest absolute Gasteiger partial charge is 0.416 e. The summed E-state index contributed by atoms with van der Waals surface area (Å²) in [5.41, 5.74) is 0.260. The van der Waals surface area contributed by atoms with E-state index >= 15 is 0 Å². The minimum Gasteiger partial charge on any atom is -0.481 e. The van der Waals surface area contributed by atoms with Gasteiger partial charge in [-0.15, -0.1) is 0 Å². The highest BCUT2D eigenvalue weighted by Gasteiger charge is 2.32. The van der Waals surface area contributed by atoms with Gasteiger partial charge in [-0.1, -0.05) is 0 Å². The fourth-order valence-corrected chi connectivity index (χ4v) is 2.07. The van der Waals surface area contributed by atoms with Gasteiger partial charge in [0.25, 0.3) is 0 Å². The summed E-state index contributed by atoms with van der Waals surface area (Å²) in [5, 5.41) is 11.9. The topological polar surface area (TPSA) is 49.3 Å². The van der Waals surface area contributed by atoms with Crippen LogP contribution >= 0.6 is 0 Å². The second-order valence-electron chi connectivity index (χ2n) is 4.32. The van der Waals surface area contributed by atoms with Crippen molar-refractivity contribution in [2.45, 2.75) is 19.0 Å². The lowest BCUT2D eigenvalue weighted by molar-refractivity contribution is -0.141. The molecule has 2 N–H and O–H groups in total. The lowest BCUT2D eigenvalue weighted by atomic mass is 9.96. The highest BCUT2D eigenvalue weighted by molar-refractivity contribution is 5.71. The maximum atomic E-state index is 12.6. The Morgan fingerprint density at radius 2 is 2.11 bits per heavy atom. The Hall–Kier alpha value is -1.72. The number of benzene rings is 1. The van der Waals surface area contributed by atoms with Gasteiger partial charge in [-0.2, -0.15) is 13.2 Å². The zero-order valence-corrected chi connectivity index (χ0v) is 9.42. The molecule has 18 heavy (non-hydrogen) atoms. The largest absolute Gasteiger partial charge is 0.481 e. The third-order valence-electron chi connectivity index (χ3n) is 3.06. The van der Waals surface area contributed by atoms with Crippen LogP contribution in [0.3, 0.4) is 0 Å². The van der Waals surface area contributed by atoms with Gasteiger partial charge in [0, 0.05) is 12.2 Å². The van der Waals surface area contributed by atoms with Crippen LogP contribution in [0.25, 0.3) is 0 Å². The summed E-state index contributed by atoms with van der Waals surface area (Å²) in [7, 11) is 0. The molecule has 0 amide bonds. The SMILES string of the molecule is O=C(O)C1CCNc2ccc(C(F)(F)F)cc2C1.